The molecule has 0 aliphatic heterocycles. The van der Waals surface area contributed by atoms with Gasteiger partial charge in [0.05, 0.1) is 23.6 Å². The lowest BCUT2D eigenvalue weighted by atomic mass is 10.2. The van der Waals surface area contributed by atoms with Crippen LogP contribution in [0.4, 0.5) is 14.5 Å². The van der Waals surface area contributed by atoms with Gasteiger partial charge in [0.2, 0.25) is 5.91 Å². The summed E-state index contributed by atoms with van der Waals surface area (Å²) in [6.45, 7) is 4.09. The van der Waals surface area contributed by atoms with Crippen LogP contribution >= 0.6 is 11.6 Å². The largest absolute Gasteiger partial charge is 0.321 e. The third-order valence-electron chi connectivity index (χ3n) is 5.21. The van der Waals surface area contributed by atoms with Gasteiger partial charge in [-0.25, -0.2) is 8.78 Å². The van der Waals surface area contributed by atoms with Gasteiger partial charge in [-0.2, -0.15) is 10.2 Å². The summed E-state index contributed by atoms with van der Waals surface area (Å²) < 4.78 is 29.3. The molecule has 0 atom stereocenters. The Morgan fingerprint density at radius 2 is 2.00 bits per heavy atom. The Kier molecular flexibility index (Phi) is 5.60. The van der Waals surface area contributed by atoms with Crippen molar-refractivity contribution in [3.63, 3.8) is 0 Å². The Balaban J connectivity index is 1.49. The van der Waals surface area contributed by atoms with Gasteiger partial charge in [0.25, 0.3) is 6.43 Å². The predicted molar refractivity (Wildman–Crippen MR) is 110 cm³/mol. The third kappa shape index (κ3) is 4.38. The second-order valence-corrected chi connectivity index (χ2v) is 8.04. The number of alkyl halides is 2. The van der Waals surface area contributed by atoms with Crippen molar-refractivity contribution in [2.24, 2.45) is 0 Å². The second kappa shape index (κ2) is 8.18. The standard InChI is InChI=1S/C21H22ClF2N5O/c1-12-20(13(2)28(26-12)10-14-4-3-5-16(22)8-14)25-19(30)11-29-18(15-6-7-15)9-17(27-29)21(23)24/h3-5,8-9,15,21H,6-7,10-11H2,1-2H3,(H,25,30). The number of anilines is 1. The summed E-state index contributed by atoms with van der Waals surface area (Å²) in [6, 6.07) is 8.92. The van der Waals surface area contributed by atoms with Gasteiger partial charge in [-0.15, -0.1) is 0 Å². The zero-order valence-electron chi connectivity index (χ0n) is 16.7. The summed E-state index contributed by atoms with van der Waals surface area (Å²) in [5, 5.41) is 12.0. The van der Waals surface area contributed by atoms with Crippen molar-refractivity contribution in [2.45, 2.75) is 52.1 Å². The molecule has 9 heteroatoms. The van der Waals surface area contributed by atoms with Gasteiger partial charge in [0.15, 0.2) is 0 Å². The average Bonchev–Trinajstić information content (AvgIpc) is 3.39. The quantitative estimate of drug-likeness (QED) is 0.579. The first kappa shape index (κ1) is 20.5. The molecule has 1 N–H and O–H groups in total. The molecule has 0 radical (unpaired) electrons. The number of hydrogen-bond acceptors (Lipinski definition) is 3. The Morgan fingerprint density at radius 1 is 1.23 bits per heavy atom. The number of halogens is 3. The Labute approximate surface area is 177 Å². The van der Waals surface area contributed by atoms with E-state index in [-0.39, 0.29) is 24.1 Å². The number of hydrogen-bond donors (Lipinski definition) is 1. The van der Waals surface area contributed by atoms with Crippen LogP contribution in [0.5, 0.6) is 0 Å². The van der Waals surface area contributed by atoms with Crippen molar-refractivity contribution < 1.29 is 13.6 Å². The zero-order valence-corrected chi connectivity index (χ0v) is 17.5. The molecule has 3 aromatic rings. The van der Waals surface area contributed by atoms with Crippen LogP contribution in [-0.4, -0.2) is 25.5 Å². The molecular formula is C21H22ClF2N5O. The Hall–Kier alpha value is -2.74. The molecule has 1 aliphatic carbocycles. The van der Waals surface area contributed by atoms with E-state index in [2.05, 4.69) is 15.5 Å². The lowest BCUT2D eigenvalue weighted by Gasteiger charge is -2.09. The summed E-state index contributed by atoms with van der Waals surface area (Å²) in [5.41, 5.74) is 3.51. The number of nitrogens with zero attached hydrogens (tertiary/aromatic N) is 4. The second-order valence-electron chi connectivity index (χ2n) is 7.61. The highest BCUT2D eigenvalue weighted by molar-refractivity contribution is 6.30. The van der Waals surface area contributed by atoms with Gasteiger partial charge in [-0.1, -0.05) is 23.7 Å². The lowest BCUT2D eigenvalue weighted by molar-refractivity contribution is -0.117. The van der Waals surface area contributed by atoms with Crippen LogP contribution in [0.2, 0.25) is 5.02 Å². The molecule has 158 valence electrons. The predicted octanol–water partition coefficient (Wildman–Crippen LogP) is 4.85. The summed E-state index contributed by atoms with van der Waals surface area (Å²) in [5.74, 6) is -0.115. The molecule has 0 spiro atoms. The minimum Gasteiger partial charge on any atom is -0.321 e. The van der Waals surface area contributed by atoms with Crippen LogP contribution in [-0.2, 0) is 17.9 Å². The van der Waals surface area contributed by atoms with E-state index in [4.69, 9.17) is 11.6 Å². The molecule has 1 amide bonds. The van der Waals surface area contributed by atoms with E-state index in [9.17, 15) is 13.6 Å². The van der Waals surface area contributed by atoms with Crippen LogP contribution in [0, 0.1) is 13.8 Å². The molecule has 1 fully saturated rings. The van der Waals surface area contributed by atoms with E-state index in [1.807, 2.05) is 38.1 Å². The van der Waals surface area contributed by atoms with Gasteiger partial charge < -0.3 is 5.32 Å². The number of carbonyl (C=O) groups excluding carboxylic acids is 1. The van der Waals surface area contributed by atoms with Crippen LogP contribution in [0.3, 0.4) is 0 Å². The molecule has 6 nitrogen and oxygen atoms in total. The fourth-order valence-corrected chi connectivity index (χ4v) is 3.76. The van der Waals surface area contributed by atoms with Gasteiger partial charge in [-0.05, 0) is 50.5 Å². The topological polar surface area (TPSA) is 64.7 Å². The fraction of sp³-hybridized carbons (Fsp3) is 0.381. The number of aryl methyl sites for hydroxylation is 1. The smallest absolute Gasteiger partial charge is 0.282 e. The molecule has 1 aromatic carbocycles. The molecule has 0 bridgehead atoms. The van der Waals surface area contributed by atoms with Gasteiger partial charge in [0, 0.05) is 16.6 Å². The maximum Gasteiger partial charge on any atom is 0.282 e. The van der Waals surface area contributed by atoms with E-state index >= 15 is 0 Å². The monoisotopic (exact) mass is 433 g/mol. The molecule has 4 rings (SSSR count). The van der Waals surface area contributed by atoms with Crippen molar-refractivity contribution in [1.82, 2.24) is 19.6 Å². The number of amides is 1. The Morgan fingerprint density at radius 3 is 2.67 bits per heavy atom. The first-order chi connectivity index (χ1) is 14.3. The molecule has 1 aliphatic rings. The minimum atomic E-state index is -2.65. The van der Waals surface area contributed by atoms with E-state index in [0.717, 1.165) is 24.1 Å². The number of rotatable bonds is 7. The maximum atomic E-state index is 13.0. The number of carbonyl (C=O) groups is 1. The van der Waals surface area contributed by atoms with E-state index in [1.54, 1.807) is 4.68 Å². The maximum absolute atomic E-state index is 13.0. The molecular weight excluding hydrogens is 412 g/mol. The number of benzene rings is 1. The fourth-order valence-electron chi connectivity index (χ4n) is 3.55. The summed E-state index contributed by atoms with van der Waals surface area (Å²) in [7, 11) is 0. The van der Waals surface area contributed by atoms with Gasteiger partial charge in [0.1, 0.15) is 12.2 Å². The molecule has 1 saturated carbocycles. The first-order valence-corrected chi connectivity index (χ1v) is 10.1. The number of nitrogens with one attached hydrogen (secondary N) is 1. The zero-order chi connectivity index (χ0) is 21.4. The molecule has 2 heterocycles. The highest BCUT2D eigenvalue weighted by Crippen LogP contribution is 2.41. The normalized spacial score (nSPS) is 13.8. The van der Waals surface area contributed by atoms with Crippen LogP contribution in [0.25, 0.3) is 0 Å². The average molecular weight is 434 g/mol. The van der Waals surface area contributed by atoms with E-state index in [0.29, 0.717) is 28.6 Å². The van der Waals surface area contributed by atoms with Gasteiger partial charge >= 0.3 is 0 Å². The molecule has 30 heavy (non-hydrogen) atoms. The number of aromatic nitrogens is 4. The SMILES string of the molecule is Cc1nn(Cc2cccc(Cl)c2)c(C)c1NC(=O)Cn1nc(C(F)F)cc1C1CC1. The van der Waals surface area contributed by atoms with Gasteiger partial charge in [-0.3, -0.25) is 14.2 Å². The van der Waals surface area contributed by atoms with Crippen molar-refractivity contribution in [3.8, 4) is 0 Å². The Bertz CT molecular complexity index is 1090. The van der Waals surface area contributed by atoms with Crippen molar-refractivity contribution in [2.75, 3.05) is 5.32 Å². The molecule has 0 saturated heterocycles. The van der Waals surface area contributed by atoms with Crippen molar-refractivity contribution in [3.05, 3.63) is 63.7 Å². The van der Waals surface area contributed by atoms with Crippen LogP contribution in [0.1, 0.15) is 53.5 Å². The lowest BCUT2D eigenvalue weighted by Crippen LogP contribution is -2.21. The van der Waals surface area contributed by atoms with E-state index < -0.39 is 6.43 Å². The highest BCUT2D eigenvalue weighted by atomic mass is 35.5. The van der Waals surface area contributed by atoms with Crippen molar-refractivity contribution >= 4 is 23.2 Å². The first-order valence-electron chi connectivity index (χ1n) is 9.76. The van der Waals surface area contributed by atoms with Crippen molar-refractivity contribution in [1.29, 1.82) is 0 Å². The summed E-state index contributed by atoms with van der Waals surface area (Å²) in [4.78, 5) is 12.7. The van der Waals surface area contributed by atoms with Crippen LogP contribution in [0.15, 0.2) is 30.3 Å². The minimum absolute atomic E-state index is 0.114. The molecule has 2 aromatic heterocycles. The summed E-state index contributed by atoms with van der Waals surface area (Å²) in [6.07, 6.45) is -0.782. The third-order valence-corrected chi connectivity index (χ3v) is 5.44. The highest BCUT2D eigenvalue weighted by Gasteiger charge is 2.30. The van der Waals surface area contributed by atoms with Crippen LogP contribution < -0.4 is 5.32 Å². The summed E-state index contributed by atoms with van der Waals surface area (Å²) >= 11 is 6.05. The molecule has 0 unspecified atom stereocenters. The van der Waals surface area contributed by atoms with E-state index in [1.165, 1.54) is 10.7 Å².